The maximum Gasteiger partial charge on any atom is 0.0522 e. The Morgan fingerprint density at radius 3 is 3.05 bits per heavy atom. The maximum absolute atomic E-state index is 4.06. The number of aromatic amines is 1. The third-order valence-corrected chi connectivity index (χ3v) is 4.10. The molecule has 0 radical (unpaired) electrons. The lowest BCUT2D eigenvalue weighted by atomic mass is 9.99. The van der Waals surface area contributed by atoms with E-state index in [2.05, 4.69) is 34.7 Å². The van der Waals surface area contributed by atoms with E-state index < -0.39 is 0 Å². The highest BCUT2D eigenvalue weighted by molar-refractivity contribution is 5.14. The Kier molecular flexibility index (Phi) is 5.86. The number of piperidine rings is 1. The van der Waals surface area contributed by atoms with Crippen molar-refractivity contribution in [1.82, 2.24) is 20.8 Å². The van der Waals surface area contributed by atoms with Crippen LogP contribution in [0.1, 0.15) is 50.3 Å². The van der Waals surface area contributed by atoms with Gasteiger partial charge in [-0.25, -0.2) is 0 Å². The second-order valence-corrected chi connectivity index (χ2v) is 5.86. The second-order valence-electron chi connectivity index (χ2n) is 5.86. The van der Waals surface area contributed by atoms with Crippen LogP contribution in [0.3, 0.4) is 0 Å². The van der Waals surface area contributed by atoms with Crippen LogP contribution in [0, 0.1) is 6.92 Å². The topological polar surface area (TPSA) is 52.7 Å². The van der Waals surface area contributed by atoms with E-state index >= 15 is 0 Å². The van der Waals surface area contributed by atoms with E-state index in [1.165, 1.54) is 49.9 Å². The third kappa shape index (κ3) is 4.96. The van der Waals surface area contributed by atoms with E-state index in [9.17, 15) is 0 Å². The molecule has 3 N–H and O–H groups in total. The largest absolute Gasteiger partial charge is 0.314 e. The Morgan fingerprint density at radius 2 is 2.37 bits per heavy atom. The second kappa shape index (κ2) is 7.65. The van der Waals surface area contributed by atoms with Crippen molar-refractivity contribution in [2.24, 2.45) is 0 Å². The molecule has 1 aliphatic rings. The van der Waals surface area contributed by atoms with E-state index in [-0.39, 0.29) is 0 Å². The fraction of sp³-hybridized carbons (Fsp3) is 0.800. The zero-order valence-corrected chi connectivity index (χ0v) is 12.3. The standard InChI is InChI=1S/C15H28N4/c1-12(10-15-7-3-4-8-17-15)16-9-5-6-14-11-18-19-13(14)2/h11-12,15-17H,3-10H2,1-2H3,(H,18,19). The molecule has 0 aromatic carbocycles. The predicted molar refractivity (Wildman–Crippen MR) is 79.4 cm³/mol. The number of nitrogens with one attached hydrogen (secondary N) is 3. The van der Waals surface area contributed by atoms with Crippen LogP contribution >= 0.6 is 0 Å². The lowest BCUT2D eigenvalue weighted by Crippen LogP contribution is -2.40. The van der Waals surface area contributed by atoms with Crippen LogP contribution < -0.4 is 10.6 Å². The van der Waals surface area contributed by atoms with Crippen LogP contribution in [0.2, 0.25) is 0 Å². The lowest BCUT2D eigenvalue weighted by Gasteiger charge is -2.26. The molecule has 2 rings (SSSR count). The minimum atomic E-state index is 0.612. The summed E-state index contributed by atoms with van der Waals surface area (Å²) < 4.78 is 0. The summed E-state index contributed by atoms with van der Waals surface area (Å²) in [5.41, 5.74) is 2.56. The van der Waals surface area contributed by atoms with Crippen LogP contribution in [0.15, 0.2) is 6.20 Å². The fourth-order valence-electron chi connectivity index (χ4n) is 2.89. The van der Waals surface area contributed by atoms with E-state index in [1.807, 2.05) is 6.20 Å². The molecule has 1 saturated heterocycles. The molecule has 1 fully saturated rings. The Bertz CT molecular complexity index is 355. The van der Waals surface area contributed by atoms with Gasteiger partial charge in [-0.3, -0.25) is 5.10 Å². The molecule has 0 amide bonds. The van der Waals surface area contributed by atoms with Gasteiger partial charge in [0, 0.05) is 17.8 Å². The number of H-pyrrole nitrogens is 1. The summed E-state index contributed by atoms with van der Waals surface area (Å²) in [5.74, 6) is 0. The highest BCUT2D eigenvalue weighted by atomic mass is 15.1. The van der Waals surface area contributed by atoms with Crippen molar-refractivity contribution in [1.29, 1.82) is 0 Å². The molecular formula is C15H28N4. The van der Waals surface area contributed by atoms with Crippen molar-refractivity contribution >= 4 is 0 Å². The first kappa shape index (κ1) is 14.5. The number of aryl methyl sites for hydroxylation is 2. The first-order valence-electron chi connectivity index (χ1n) is 7.71. The van der Waals surface area contributed by atoms with Gasteiger partial charge in [0.15, 0.2) is 0 Å². The maximum atomic E-state index is 4.06. The lowest BCUT2D eigenvalue weighted by molar-refractivity contribution is 0.345. The average molecular weight is 264 g/mol. The zero-order valence-electron chi connectivity index (χ0n) is 12.3. The molecule has 0 saturated carbocycles. The smallest absolute Gasteiger partial charge is 0.0522 e. The minimum absolute atomic E-state index is 0.612. The van der Waals surface area contributed by atoms with Crippen LogP contribution in [0.5, 0.6) is 0 Å². The van der Waals surface area contributed by atoms with Crippen LogP contribution in [-0.4, -0.2) is 35.4 Å². The van der Waals surface area contributed by atoms with Crippen molar-refractivity contribution in [3.8, 4) is 0 Å². The van der Waals surface area contributed by atoms with Crippen LogP contribution in [0.25, 0.3) is 0 Å². The Labute approximate surface area is 116 Å². The first-order valence-corrected chi connectivity index (χ1v) is 7.71. The molecule has 4 heteroatoms. The Hall–Kier alpha value is -0.870. The average Bonchev–Trinajstić information content (AvgIpc) is 2.81. The van der Waals surface area contributed by atoms with Gasteiger partial charge in [-0.15, -0.1) is 0 Å². The summed E-state index contributed by atoms with van der Waals surface area (Å²) >= 11 is 0. The molecule has 0 aliphatic carbocycles. The van der Waals surface area contributed by atoms with Gasteiger partial charge in [-0.05, 0) is 64.6 Å². The quantitative estimate of drug-likeness (QED) is 0.662. The van der Waals surface area contributed by atoms with Crippen LogP contribution in [-0.2, 0) is 6.42 Å². The number of nitrogens with zero attached hydrogens (tertiary/aromatic N) is 1. The summed E-state index contributed by atoms with van der Waals surface area (Å²) in [6.45, 7) is 6.70. The number of aromatic nitrogens is 2. The highest BCUT2D eigenvalue weighted by Crippen LogP contribution is 2.12. The highest BCUT2D eigenvalue weighted by Gasteiger charge is 2.15. The van der Waals surface area contributed by atoms with Crippen molar-refractivity contribution in [2.75, 3.05) is 13.1 Å². The van der Waals surface area contributed by atoms with Gasteiger partial charge in [-0.2, -0.15) is 5.10 Å². The number of hydrogen-bond acceptors (Lipinski definition) is 3. The Balaban J connectivity index is 1.56. The molecule has 0 bridgehead atoms. The molecule has 1 aliphatic heterocycles. The molecule has 19 heavy (non-hydrogen) atoms. The SMILES string of the molecule is Cc1[nH]ncc1CCCNC(C)CC1CCCCN1. The van der Waals surface area contributed by atoms with Gasteiger partial charge in [0.05, 0.1) is 6.20 Å². The predicted octanol–water partition coefficient (Wildman–Crippen LogP) is 2.16. The van der Waals surface area contributed by atoms with Crippen molar-refractivity contribution in [3.05, 3.63) is 17.5 Å². The van der Waals surface area contributed by atoms with Crippen LogP contribution in [0.4, 0.5) is 0 Å². The molecule has 2 atom stereocenters. The van der Waals surface area contributed by atoms with Crippen molar-refractivity contribution in [3.63, 3.8) is 0 Å². The molecule has 1 aromatic rings. The number of rotatable bonds is 7. The fourth-order valence-corrected chi connectivity index (χ4v) is 2.89. The Morgan fingerprint density at radius 1 is 1.47 bits per heavy atom. The van der Waals surface area contributed by atoms with E-state index in [0.29, 0.717) is 6.04 Å². The van der Waals surface area contributed by atoms with Gasteiger partial charge in [0.2, 0.25) is 0 Å². The van der Waals surface area contributed by atoms with Gasteiger partial charge < -0.3 is 10.6 Å². The van der Waals surface area contributed by atoms with Gasteiger partial charge in [0.1, 0.15) is 0 Å². The van der Waals surface area contributed by atoms with Gasteiger partial charge >= 0.3 is 0 Å². The van der Waals surface area contributed by atoms with Crippen molar-refractivity contribution in [2.45, 2.75) is 64.5 Å². The van der Waals surface area contributed by atoms with Gasteiger partial charge in [-0.1, -0.05) is 6.42 Å². The molecule has 2 heterocycles. The number of hydrogen-bond donors (Lipinski definition) is 3. The molecule has 108 valence electrons. The molecule has 2 unspecified atom stereocenters. The van der Waals surface area contributed by atoms with E-state index in [0.717, 1.165) is 19.0 Å². The molecule has 1 aromatic heterocycles. The molecular weight excluding hydrogens is 236 g/mol. The van der Waals surface area contributed by atoms with Crippen molar-refractivity contribution < 1.29 is 0 Å². The summed E-state index contributed by atoms with van der Waals surface area (Å²) in [7, 11) is 0. The monoisotopic (exact) mass is 264 g/mol. The zero-order chi connectivity index (χ0) is 13.5. The van der Waals surface area contributed by atoms with E-state index in [4.69, 9.17) is 0 Å². The minimum Gasteiger partial charge on any atom is -0.314 e. The normalized spacial score (nSPS) is 21.5. The molecule has 0 spiro atoms. The summed E-state index contributed by atoms with van der Waals surface area (Å²) in [4.78, 5) is 0. The van der Waals surface area contributed by atoms with E-state index in [1.54, 1.807) is 0 Å². The summed E-state index contributed by atoms with van der Waals surface area (Å²) in [5, 5.41) is 14.3. The molecule has 4 nitrogen and oxygen atoms in total. The first-order chi connectivity index (χ1) is 9.25. The third-order valence-electron chi connectivity index (χ3n) is 4.10. The summed E-state index contributed by atoms with van der Waals surface area (Å²) in [6, 6.07) is 1.34. The van der Waals surface area contributed by atoms with Gasteiger partial charge in [0.25, 0.3) is 0 Å². The summed E-state index contributed by atoms with van der Waals surface area (Å²) in [6.07, 6.45) is 9.59.